The number of hydrogen-bond acceptors (Lipinski definition) is 4. The first-order valence-corrected chi connectivity index (χ1v) is 5.34. The van der Waals surface area contributed by atoms with E-state index in [1.54, 1.807) is 32.0 Å². The molecule has 0 spiro atoms. The molecule has 1 rings (SSSR count). The fourth-order valence-electron chi connectivity index (χ4n) is 1.52. The summed E-state index contributed by atoms with van der Waals surface area (Å²) in [5.74, 6) is 0. The summed E-state index contributed by atoms with van der Waals surface area (Å²) in [4.78, 5) is 0. The van der Waals surface area contributed by atoms with E-state index < -0.39 is 11.9 Å². The SMILES string of the molecule is CCn1cc(C(C)(O)CC(OC)OC)cn1. The molecule has 1 atom stereocenters. The smallest absolute Gasteiger partial charge is 0.159 e. The summed E-state index contributed by atoms with van der Waals surface area (Å²) in [5.41, 5.74) is -0.224. The van der Waals surface area contributed by atoms with E-state index in [2.05, 4.69) is 5.10 Å². The van der Waals surface area contributed by atoms with E-state index in [0.717, 1.165) is 12.1 Å². The first kappa shape index (κ1) is 13.2. The van der Waals surface area contributed by atoms with Crippen LogP contribution in [0, 0.1) is 0 Å². The highest BCUT2D eigenvalue weighted by Crippen LogP contribution is 2.26. The van der Waals surface area contributed by atoms with Crippen molar-refractivity contribution in [3.8, 4) is 0 Å². The molecule has 5 heteroatoms. The lowest BCUT2D eigenvalue weighted by Gasteiger charge is -2.25. The summed E-state index contributed by atoms with van der Waals surface area (Å²) in [6.07, 6.45) is 3.46. The lowest BCUT2D eigenvalue weighted by atomic mass is 9.95. The van der Waals surface area contributed by atoms with Crippen LogP contribution in [0.4, 0.5) is 0 Å². The number of aliphatic hydroxyl groups is 1. The topological polar surface area (TPSA) is 56.5 Å². The molecule has 0 radical (unpaired) electrons. The average Bonchev–Trinajstić information content (AvgIpc) is 2.75. The lowest BCUT2D eigenvalue weighted by Crippen LogP contribution is -2.29. The molecule has 0 saturated carbocycles. The molecular formula is C11H20N2O3. The molecule has 0 bridgehead atoms. The van der Waals surface area contributed by atoms with E-state index in [-0.39, 0.29) is 0 Å². The highest BCUT2D eigenvalue weighted by molar-refractivity contribution is 5.13. The van der Waals surface area contributed by atoms with Gasteiger partial charge in [-0.2, -0.15) is 5.10 Å². The van der Waals surface area contributed by atoms with Crippen LogP contribution in [0.25, 0.3) is 0 Å². The van der Waals surface area contributed by atoms with Crippen LogP contribution in [0.15, 0.2) is 12.4 Å². The highest BCUT2D eigenvalue weighted by Gasteiger charge is 2.28. The van der Waals surface area contributed by atoms with Gasteiger partial charge < -0.3 is 14.6 Å². The Balaban J connectivity index is 2.75. The standard InChI is InChI=1S/C11H20N2O3/c1-5-13-8-9(7-12-13)11(2,14)6-10(15-3)16-4/h7-8,10,14H,5-6H2,1-4H3. The Labute approximate surface area is 96.0 Å². The molecule has 0 aromatic carbocycles. The van der Waals surface area contributed by atoms with Crippen molar-refractivity contribution >= 4 is 0 Å². The maximum Gasteiger partial charge on any atom is 0.159 e. The van der Waals surface area contributed by atoms with Crippen molar-refractivity contribution in [2.75, 3.05) is 14.2 Å². The minimum Gasteiger partial charge on any atom is -0.385 e. The molecule has 0 aliphatic carbocycles. The van der Waals surface area contributed by atoms with E-state index in [0.29, 0.717) is 6.42 Å². The van der Waals surface area contributed by atoms with Gasteiger partial charge in [-0.15, -0.1) is 0 Å². The van der Waals surface area contributed by atoms with Crippen molar-refractivity contribution in [1.82, 2.24) is 9.78 Å². The highest BCUT2D eigenvalue weighted by atomic mass is 16.7. The summed E-state index contributed by atoms with van der Waals surface area (Å²) in [6.45, 7) is 4.52. The van der Waals surface area contributed by atoms with Gasteiger partial charge in [-0.3, -0.25) is 4.68 Å². The molecule has 5 nitrogen and oxygen atoms in total. The molecule has 1 aromatic heterocycles. The second-order valence-corrected chi connectivity index (χ2v) is 3.96. The zero-order chi connectivity index (χ0) is 12.2. The predicted molar refractivity (Wildman–Crippen MR) is 59.9 cm³/mol. The van der Waals surface area contributed by atoms with Crippen molar-refractivity contribution in [1.29, 1.82) is 0 Å². The van der Waals surface area contributed by atoms with Crippen LogP contribution in [0.1, 0.15) is 25.8 Å². The molecule has 1 unspecified atom stereocenters. The Morgan fingerprint density at radius 3 is 2.56 bits per heavy atom. The number of aromatic nitrogens is 2. The summed E-state index contributed by atoms with van der Waals surface area (Å²) >= 11 is 0. The normalized spacial score (nSPS) is 15.4. The molecule has 0 aliphatic heterocycles. The van der Waals surface area contributed by atoms with E-state index >= 15 is 0 Å². The van der Waals surface area contributed by atoms with Gasteiger partial charge in [-0.1, -0.05) is 0 Å². The number of rotatable bonds is 6. The Morgan fingerprint density at radius 1 is 1.50 bits per heavy atom. The summed E-state index contributed by atoms with van der Waals surface area (Å²) in [6, 6.07) is 0. The molecule has 1 N–H and O–H groups in total. The van der Waals surface area contributed by atoms with Crippen LogP contribution in [0.2, 0.25) is 0 Å². The van der Waals surface area contributed by atoms with E-state index in [1.807, 2.05) is 13.1 Å². The van der Waals surface area contributed by atoms with Crippen LogP contribution in [-0.4, -0.2) is 35.4 Å². The Bertz CT molecular complexity index is 319. The summed E-state index contributed by atoms with van der Waals surface area (Å²) < 4.78 is 11.9. The monoisotopic (exact) mass is 228 g/mol. The maximum atomic E-state index is 10.3. The predicted octanol–water partition coefficient (Wildman–Crippen LogP) is 1.12. The van der Waals surface area contributed by atoms with E-state index in [9.17, 15) is 5.11 Å². The Morgan fingerprint density at radius 2 is 2.12 bits per heavy atom. The third-order valence-corrected chi connectivity index (χ3v) is 2.67. The molecule has 1 heterocycles. The molecular weight excluding hydrogens is 208 g/mol. The number of nitrogens with zero attached hydrogens (tertiary/aromatic N) is 2. The maximum absolute atomic E-state index is 10.3. The van der Waals surface area contributed by atoms with Gasteiger partial charge in [-0.25, -0.2) is 0 Å². The number of aryl methyl sites for hydroxylation is 1. The summed E-state index contributed by atoms with van der Waals surface area (Å²) in [7, 11) is 3.11. The fraction of sp³-hybridized carbons (Fsp3) is 0.727. The minimum atomic E-state index is -0.996. The quantitative estimate of drug-likeness (QED) is 0.741. The third kappa shape index (κ3) is 3.04. The van der Waals surface area contributed by atoms with Crippen LogP contribution in [0.3, 0.4) is 0 Å². The zero-order valence-electron chi connectivity index (χ0n) is 10.3. The molecule has 0 fully saturated rings. The molecule has 16 heavy (non-hydrogen) atoms. The van der Waals surface area contributed by atoms with E-state index in [1.165, 1.54) is 0 Å². The van der Waals surface area contributed by atoms with Gasteiger partial charge in [0.25, 0.3) is 0 Å². The molecule has 0 saturated heterocycles. The van der Waals surface area contributed by atoms with E-state index in [4.69, 9.17) is 9.47 Å². The number of hydrogen-bond donors (Lipinski definition) is 1. The lowest BCUT2D eigenvalue weighted by molar-refractivity contribution is -0.142. The van der Waals surface area contributed by atoms with Crippen LogP contribution >= 0.6 is 0 Å². The van der Waals surface area contributed by atoms with Crippen molar-refractivity contribution in [3.05, 3.63) is 18.0 Å². The Hall–Kier alpha value is -0.910. The third-order valence-electron chi connectivity index (χ3n) is 2.67. The van der Waals surface area contributed by atoms with Gasteiger partial charge >= 0.3 is 0 Å². The Kier molecular flexibility index (Phi) is 4.46. The molecule has 0 aliphatic rings. The van der Waals surface area contributed by atoms with Gasteiger partial charge in [0, 0.05) is 38.9 Å². The van der Waals surface area contributed by atoms with Gasteiger partial charge in [0.2, 0.25) is 0 Å². The first-order chi connectivity index (χ1) is 7.53. The van der Waals surface area contributed by atoms with Crippen molar-refractivity contribution < 1.29 is 14.6 Å². The number of methoxy groups -OCH3 is 2. The fourth-order valence-corrected chi connectivity index (χ4v) is 1.52. The first-order valence-electron chi connectivity index (χ1n) is 5.34. The van der Waals surface area contributed by atoms with Crippen molar-refractivity contribution in [2.45, 2.75) is 38.7 Å². The second-order valence-electron chi connectivity index (χ2n) is 3.96. The van der Waals surface area contributed by atoms with Crippen molar-refractivity contribution in [2.24, 2.45) is 0 Å². The van der Waals surface area contributed by atoms with Gasteiger partial charge in [-0.05, 0) is 13.8 Å². The van der Waals surface area contributed by atoms with Crippen LogP contribution in [-0.2, 0) is 21.6 Å². The van der Waals surface area contributed by atoms with Gasteiger partial charge in [0.05, 0.1) is 11.8 Å². The van der Waals surface area contributed by atoms with Gasteiger partial charge in [0.15, 0.2) is 6.29 Å². The number of ether oxygens (including phenoxy) is 2. The van der Waals surface area contributed by atoms with Crippen molar-refractivity contribution in [3.63, 3.8) is 0 Å². The van der Waals surface area contributed by atoms with Crippen LogP contribution < -0.4 is 0 Å². The summed E-state index contributed by atoms with van der Waals surface area (Å²) in [5, 5.41) is 14.4. The minimum absolute atomic E-state index is 0.370. The molecule has 92 valence electrons. The largest absolute Gasteiger partial charge is 0.385 e. The van der Waals surface area contributed by atoms with Crippen LogP contribution in [0.5, 0.6) is 0 Å². The zero-order valence-corrected chi connectivity index (χ0v) is 10.3. The second kappa shape index (κ2) is 5.43. The molecule has 1 aromatic rings. The molecule has 0 amide bonds. The average molecular weight is 228 g/mol. The van der Waals surface area contributed by atoms with Gasteiger partial charge in [0.1, 0.15) is 0 Å².